The van der Waals surface area contributed by atoms with Crippen LogP contribution in [0.25, 0.3) is 11.7 Å². The Morgan fingerprint density at radius 1 is 1.11 bits per heavy atom. The van der Waals surface area contributed by atoms with Crippen molar-refractivity contribution >= 4 is 17.5 Å². The second kappa shape index (κ2) is 4.53. The molecule has 0 bridgehead atoms. The molecule has 0 aliphatic carbocycles. The Morgan fingerprint density at radius 3 is 2.63 bits per heavy atom. The maximum atomic E-state index is 12.3. The van der Waals surface area contributed by atoms with Crippen molar-refractivity contribution in [3.63, 3.8) is 0 Å². The number of benzene rings is 1. The molecule has 0 aliphatic heterocycles. The molecule has 0 saturated heterocycles. The molecular weight excluding hydrogens is 236 g/mol. The smallest absolute Gasteiger partial charge is 0.212 e. The first-order valence-corrected chi connectivity index (χ1v) is 5.99. The SMILES string of the molecule is C=Cc1ccc2nc(C(=O)c3ccccc3)cn2c1. The van der Waals surface area contributed by atoms with E-state index >= 15 is 0 Å². The zero-order valence-corrected chi connectivity index (χ0v) is 10.3. The summed E-state index contributed by atoms with van der Waals surface area (Å²) in [7, 11) is 0. The van der Waals surface area contributed by atoms with Crippen LogP contribution in [0.3, 0.4) is 0 Å². The first-order valence-electron chi connectivity index (χ1n) is 5.99. The quantitative estimate of drug-likeness (QED) is 0.667. The molecule has 0 spiro atoms. The summed E-state index contributed by atoms with van der Waals surface area (Å²) >= 11 is 0. The Morgan fingerprint density at radius 2 is 1.89 bits per heavy atom. The lowest BCUT2D eigenvalue weighted by Crippen LogP contribution is -2.00. The highest BCUT2D eigenvalue weighted by molar-refractivity contribution is 6.07. The molecule has 0 fully saturated rings. The fourth-order valence-corrected chi connectivity index (χ4v) is 1.98. The van der Waals surface area contributed by atoms with Gasteiger partial charge in [0.1, 0.15) is 11.3 Å². The number of ketones is 1. The summed E-state index contributed by atoms with van der Waals surface area (Å²) in [5, 5.41) is 0. The molecule has 0 saturated carbocycles. The standard InChI is InChI=1S/C16H12N2O/c1-2-12-8-9-15-17-14(11-18(15)10-12)16(19)13-6-4-3-5-7-13/h2-11H,1H2. The highest BCUT2D eigenvalue weighted by atomic mass is 16.1. The van der Waals surface area contributed by atoms with Gasteiger partial charge in [-0.1, -0.05) is 43.0 Å². The number of fused-ring (bicyclic) bond motifs is 1. The van der Waals surface area contributed by atoms with E-state index in [0.717, 1.165) is 11.2 Å². The molecule has 19 heavy (non-hydrogen) atoms. The van der Waals surface area contributed by atoms with Crippen molar-refractivity contribution in [3.8, 4) is 0 Å². The van der Waals surface area contributed by atoms with Gasteiger partial charge < -0.3 is 4.40 Å². The summed E-state index contributed by atoms with van der Waals surface area (Å²) < 4.78 is 1.84. The first kappa shape index (κ1) is 11.4. The van der Waals surface area contributed by atoms with E-state index in [-0.39, 0.29) is 5.78 Å². The van der Waals surface area contributed by atoms with E-state index in [2.05, 4.69) is 11.6 Å². The third kappa shape index (κ3) is 2.06. The van der Waals surface area contributed by atoms with Crippen molar-refractivity contribution in [1.82, 2.24) is 9.38 Å². The van der Waals surface area contributed by atoms with Crippen LogP contribution in [0, 0.1) is 0 Å². The van der Waals surface area contributed by atoms with Gasteiger partial charge in [-0.2, -0.15) is 0 Å². The van der Waals surface area contributed by atoms with Crippen molar-refractivity contribution in [2.24, 2.45) is 0 Å². The van der Waals surface area contributed by atoms with E-state index in [9.17, 15) is 4.79 Å². The van der Waals surface area contributed by atoms with Crippen LogP contribution >= 0.6 is 0 Å². The molecule has 0 aliphatic rings. The Hall–Kier alpha value is -2.68. The summed E-state index contributed by atoms with van der Waals surface area (Å²) in [5.74, 6) is -0.0653. The van der Waals surface area contributed by atoms with Crippen LogP contribution < -0.4 is 0 Å². The van der Waals surface area contributed by atoms with Gasteiger partial charge in [-0.25, -0.2) is 4.98 Å². The lowest BCUT2D eigenvalue weighted by Gasteiger charge is -1.95. The number of hydrogen-bond donors (Lipinski definition) is 0. The van der Waals surface area contributed by atoms with Gasteiger partial charge in [0, 0.05) is 18.0 Å². The molecule has 0 unspecified atom stereocenters. The van der Waals surface area contributed by atoms with Crippen LogP contribution in [0.5, 0.6) is 0 Å². The minimum absolute atomic E-state index is 0.0653. The fourth-order valence-electron chi connectivity index (χ4n) is 1.98. The molecule has 0 atom stereocenters. The Labute approximate surface area is 110 Å². The molecule has 1 aromatic carbocycles. The number of nitrogens with zero attached hydrogens (tertiary/aromatic N) is 2. The van der Waals surface area contributed by atoms with E-state index in [1.54, 1.807) is 24.4 Å². The first-order chi connectivity index (χ1) is 9.28. The molecule has 0 radical (unpaired) electrons. The maximum Gasteiger partial charge on any atom is 0.212 e. The molecule has 0 N–H and O–H groups in total. The van der Waals surface area contributed by atoms with Crippen molar-refractivity contribution in [2.75, 3.05) is 0 Å². The zero-order valence-electron chi connectivity index (χ0n) is 10.3. The molecule has 2 heterocycles. The van der Waals surface area contributed by atoms with Gasteiger partial charge in [0.05, 0.1) is 0 Å². The lowest BCUT2D eigenvalue weighted by molar-refractivity contribution is 0.103. The molecule has 0 amide bonds. The van der Waals surface area contributed by atoms with E-state index in [0.29, 0.717) is 11.3 Å². The highest BCUT2D eigenvalue weighted by Crippen LogP contribution is 2.12. The number of rotatable bonds is 3. The third-order valence-corrected chi connectivity index (χ3v) is 2.98. The Kier molecular flexibility index (Phi) is 2.72. The van der Waals surface area contributed by atoms with Crippen LogP contribution in [0.4, 0.5) is 0 Å². The third-order valence-electron chi connectivity index (χ3n) is 2.98. The largest absolute Gasteiger partial charge is 0.306 e. The van der Waals surface area contributed by atoms with Gasteiger partial charge in [0.15, 0.2) is 0 Å². The summed E-state index contributed by atoms with van der Waals surface area (Å²) in [5.41, 5.74) is 2.84. The van der Waals surface area contributed by atoms with E-state index in [1.165, 1.54) is 0 Å². The molecule has 3 nitrogen and oxygen atoms in total. The summed E-state index contributed by atoms with van der Waals surface area (Å²) in [6, 6.07) is 13.0. The Balaban J connectivity index is 2.06. The second-order valence-electron chi connectivity index (χ2n) is 4.25. The van der Waals surface area contributed by atoms with Crippen molar-refractivity contribution in [3.05, 3.63) is 78.3 Å². The van der Waals surface area contributed by atoms with Gasteiger partial charge in [-0.15, -0.1) is 0 Å². The number of aromatic nitrogens is 2. The summed E-state index contributed by atoms with van der Waals surface area (Å²) in [6.07, 6.45) is 5.41. The summed E-state index contributed by atoms with van der Waals surface area (Å²) in [6.45, 7) is 3.73. The Bertz CT molecular complexity index is 757. The predicted octanol–water partition coefficient (Wildman–Crippen LogP) is 3.21. The van der Waals surface area contributed by atoms with E-state index in [4.69, 9.17) is 0 Å². The number of imidazole rings is 1. The molecule has 92 valence electrons. The number of hydrogen-bond acceptors (Lipinski definition) is 2. The topological polar surface area (TPSA) is 34.4 Å². The zero-order chi connectivity index (χ0) is 13.2. The van der Waals surface area contributed by atoms with Crippen molar-refractivity contribution in [2.45, 2.75) is 0 Å². The maximum absolute atomic E-state index is 12.3. The predicted molar refractivity (Wildman–Crippen MR) is 75.2 cm³/mol. The van der Waals surface area contributed by atoms with Gasteiger partial charge in [0.2, 0.25) is 5.78 Å². The monoisotopic (exact) mass is 248 g/mol. The van der Waals surface area contributed by atoms with E-state index < -0.39 is 0 Å². The lowest BCUT2D eigenvalue weighted by atomic mass is 10.1. The van der Waals surface area contributed by atoms with Crippen molar-refractivity contribution in [1.29, 1.82) is 0 Å². The number of carbonyl (C=O) groups is 1. The van der Waals surface area contributed by atoms with Crippen LogP contribution in [-0.2, 0) is 0 Å². The average Bonchev–Trinajstić information content (AvgIpc) is 2.90. The average molecular weight is 248 g/mol. The minimum atomic E-state index is -0.0653. The van der Waals surface area contributed by atoms with Crippen LogP contribution in [0.15, 0.2) is 61.4 Å². The summed E-state index contributed by atoms with van der Waals surface area (Å²) in [4.78, 5) is 16.6. The molecule has 3 heteroatoms. The van der Waals surface area contributed by atoms with Crippen LogP contribution in [-0.4, -0.2) is 15.2 Å². The number of carbonyl (C=O) groups excluding carboxylic acids is 1. The van der Waals surface area contributed by atoms with Crippen LogP contribution in [0.1, 0.15) is 21.6 Å². The van der Waals surface area contributed by atoms with Gasteiger partial charge in [-0.05, 0) is 17.7 Å². The fraction of sp³-hybridized carbons (Fsp3) is 0. The molecule has 3 rings (SSSR count). The van der Waals surface area contributed by atoms with Gasteiger partial charge >= 0.3 is 0 Å². The van der Waals surface area contributed by atoms with Crippen molar-refractivity contribution < 1.29 is 4.79 Å². The second-order valence-corrected chi connectivity index (χ2v) is 4.25. The molecule has 2 aromatic heterocycles. The van der Waals surface area contributed by atoms with Crippen LogP contribution in [0.2, 0.25) is 0 Å². The normalized spacial score (nSPS) is 10.5. The minimum Gasteiger partial charge on any atom is -0.306 e. The van der Waals surface area contributed by atoms with E-state index in [1.807, 2.05) is 40.9 Å². The molecule has 3 aromatic rings. The highest BCUT2D eigenvalue weighted by Gasteiger charge is 2.12. The number of pyridine rings is 1. The molecular formula is C16H12N2O. The van der Waals surface area contributed by atoms with Gasteiger partial charge in [0.25, 0.3) is 0 Å². The van der Waals surface area contributed by atoms with Gasteiger partial charge in [-0.3, -0.25) is 4.79 Å².